The van der Waals surface area contributed by atoms with Gasteiger partial charge >= 0.3 is 0 Å². The highest BCUT2D eigenvalue weighted by Crippen LogP contribution is 2.23. The maximum Gasteiger partial charge on any atom is 0.269 e. The molecule has 0 saturated carbocycles. The Balaban J connectivity index is 2.13. The van der Waals surface area contributed by atoms with Gasteiger partial charge in [-0.2, -0.15) is 0 Å². The number of nitrogens with zero attached hydrogens (tertiary/aromatic N) is 2. The van der Waals surface area contributed by atoms with E-state index in [1.165, 1.54) is 23.1 Å². The molecule has 1 N–H and O–H groups in total. The lowest BCUT2D eigenvalue weighted by atomic mass is 10.0. The first-order chi connectivity index (χ1) is 14.6. The minimum atomic E-state index is -0.776. The molecule has 8 nitrogen and oxygen atoms in total. The number of nitro groups is 1. The van der Waals surface area contributed by atoms with Gasteiger partial charge in [0.15, 0.2) is 0 Å². The van der Waals surface area contributed by atoms with Crippen LogP contribution in [0.15, 0.2) is 42.5 Å². The van der Waals surface area contributed by atoms with E-state index >= 15 is 0 Å². The fourth-order valence-corrected chi connectivity index (χ4v) is 3.15. The fraction of sp³-hybridized carbons (Fsp3) is 0.364. The van der Waals surface area contributed by atoms with Crippen LogP contribution in [-0.4, -0.2) is 41.3 Å². The van der Waals surface area contributed by atoms with Gasteiger partial charge in [-0.1, -0.05) is 25.4 Å². The van der Waals surface area contributed by atoms with Crippen LogP contribution in [0.3, 0.4) is 0 Å². The molecule has 1 unspecified atom stereocenters. The number of non-ortho nitro benzene ring substituents is 1. The molecular formula is C22H26ClN3O5. The van der Waals surface area contributed by atoms with Gasteiger partial charge < -0.3 is 15.0 Å². The van der Waals surface area contributed by atoms with E-state index in [9.17, 15) is 19.7 Å². The highest BCUT2D eigenvalue weighted by atomic mass is 35.5. The number of carbonyl (C=O) groups is 2. The molecule has 166 valence electrons. The summed E-state index contributed by atoms with van der Waals surface area (Å²) in [5, 5.41) is 14.1. The van der Waals surface area contributed by atoms with Crippen molar-refractivity contribution in [2.75, 3.05) is 13.7 Å². The molecule has 0 aromatic heterocycles. The molecule has 0 aliphatic carbocycles. The van der Waals surface area contributed by atoms with Crippen LogP contribution in [0.4, 0.5) is 5.69 Å². The van der Waals surface area contributed by atoms with Gasteiger partial charge in [0.1, 0.15) is 11.8 Å². The molecule has 2 rings (SSSR count). The van der Waals surface area contributed by atoms with Gasteiger partial charge in [0, 0.05) is 36.3 Å². The Morgan fingerprint density at radius 1 is 1.19 bits per heavy atom. The van der Waals surface area contributed by atoms with Crippen molar-refractivity contribution >= 4 is 29.1 Å². The van der Waals surface area contributed by atoms with Crippen LogP contribution in [-0.2, 0) is 11.3 Å². The summed E-state index contributed by atoms with van der Waals surface area (Å²) in [6.07, 6.45) is 0. The van der Waals surface area contributed by atoms with Crippen molar-refractivity contribution in [2.24, 2.45) is 5.92 Å². The quantitative estimate of drug-likeness (QED) is 0.461. The molecule has 0 heterocycles. The lowest BCUT2D eigenvalue weighted by Gasteiger charge is -2.27. The SMILES string of the molecule is CCOc1ccc(C(=O)NC(C(=O)N(C)Cc2cc([N+](=O)[O-])ccc2Cl)C(C)C)cc1. The summed E-state index contributed by atoms with van der Waals surface area (Å²) in [6.45, 7) is 6.12. The number of likely N-dealkylation sites (N-methyl/N-ethyl adjacent to an activating group) is 1. The second-order valence-electron chi connectivity index (χ2n) is 7.38. The van der Waals surface area contributed by atoms with Crippen LogP contribution < -0.4 is 10.1 Å². The zero-order valence-electron chi connectivity index (χ0n) is 17.9. The second kappa shape index (κ2) is 10.8. The van der Waals surface area contributed by atoms with Crippen molar-refractivity contribution < 1.29 is 19.2 Å². The van der Waals surface area contributed by atoms with Gasteiger partial charge in [-0.25, -0.2) is 0 Å². The van der Waals surface area contributed by atoms with Crippen LogP contribution in [0.2, 0.25) is 5.02 Å². The van der Waals surface area contributed by atoms with Gasteiger partial charge in [0.2, 0.25) is 5.91 Å². The number of benzene rings is 2. The average molecular weight is 448 g/mol. The van der Waals surface area contributed by atoms with Crippen molar-refractivity contribution in [3.8, 4) is 5.75 Å². The van der Waals surface area contributed by atoms with Crippen molar-refractivity contribution in [1.82, 2.24) is 10.2 Å². The van der Waals surface area contributed by atoms with Crippen LogP contribution >= 0.6 is 11.6 Å². The van der Waals surface area contributed by atoms with E-state index in [1.54, 1.807) is 31.3 Å². The van der Waals surface area contributed by atoms with Crippen LogP contribution in [0, 0.1) is 16.0 Å². The smallest absolute Gasteiger partial charge is 0.269 e. The maximum absolute atomic E-state index is 13.0. The lowest BCUT2D eigenvalue weighted by molar-refractivity contribution is -0.384. The summed E-state index contributed by atoms with van der Waals surface area (Å²) >= 11 is 6.15. The van der Waals surface area contributed by atoms with Crippen LogP contribution in [0.25, 0.3) is 0 Å². The van der Waals surface area contributed by atoms with Crippen LogP contribution in [0.5, 0.6) is 5.75 Å². The number of carbonyl (C=O) groups excluding carboxylic acids is 2. The van der Waals surface area contributed by atoms with Gasteiger partial charge in [0.05, 0.1) is 11.5 Å². The zero-order chi connectivity index (χ0) is 23.1. The highest BCUT2D eigenvalue weighted by molar-refractivity contribution is 6.31. The van der Waals surface area contributed by atoms with Gasteiger partial charge in [-0.15, -0.1) is 0 Å². The predicted octanol–water partition coefficient (Wildman–Crippen LogP) is 4.06. The van der Waals surface area contributed by atoms with Crippen molar-refractivity contribution in [1.29, 1.82) is 0 Å². The number of nitrogens with one attached hydrogen (secondary N) is 1. The van der Waals surface area contributed by atoms with Gasteiger partial charge in [-0.05, 0) is 48.7 Å². The molecule has 2 amide bonds. The highest BCUT2D eigenvalue weighted by Gasteiger charge is 2.28. The summed E-state index contributed by atoms with van der Waals surface area (Å²) < 4.78 is 5.37. The standard InChI is InChI=1S/C22H26ClN3O5/c1-5-31-18-9-6-15(7-10-18)21(27)24-20(14(2)3)22(28)25(4)13-16-12-17(26(29)30)8-11-19(16)23/h6-12,14,20H,5,13H2,1-4H3,(H,24,27). The number of ether oxygens (including phenoxy) is 1. The van der Waals surface area contributed by atoms with E-state index in [0.717, 1.165) is 0 Å². The van der Waals surface area contributed by atoms with E-state index < -0.39 is 11.0 Å². The predicted molar refractivity (Wildman–Crippen MR) is 118 cm³/mol. The molecule has 0 saturated heterocycles. The lowest BCUT2D eigenvalue weighted by Crippen LogP contribution is -2.50. The number of rotatable bonds is 9. The Morgan fingerprint density at radius 3 is 2.39 bits per heavy atom. The topological polar surface area (TPSA) is 102 Å². The molecule has 0 bridgehead atoms. The third-order valence-corrected chi connectivity index (χ3v) is 5.04. The van der Waals surface area contributed by atoms with Crippen molar-refractivity contribution in [3.05, 3.63) is 68.7 Å². The zero-order valence-corrected chi connectivity index (χ0v) is 18.7. The van der Waals surface area contributed by atoms with E-state index in [0.29, 0.717) is 28.5 Å². The van der Waals surface area contributed by atoms with Gasteiger partial charge in [0.25, 0.3) is 11.6 Å². The molecule has 9 heteroatoms. The number of hydrogen-bond acceptors (Lipinski definition) is 5. The first-order valence-electron chi connectivity index (χ1n) is 9.85. The Kier molecular flexibility index (Phi) is 8.38. The minimum absolute atomic E-state index is 0.0709. The Labute approximate surface area is 186 Å². The van der Waals surface area contributed by atoms with E-state index in [-0.39, 0.29) is 30.0 Å². The molecule has 1 atom stereocenters. The fourth-order valence-electron chi connectivity index (χ4n) is 2.97. The molecular weight excluding hydrogens is 422 g/mol. The number of hydrogen-bond donors (Lipinski definition) is 1. The molecule has 0 aliphatic rings. The molecule has 0 spiro atoms. The van der Waals surface area contributed by atoms with Crippen molar-refractivity contribution in [2.45, 2.75) is 33.4 Å². The molecule has 0 aliphatic heterocycles. The molecule has 2 aromatic carbocycles. The summed E-state index contributed by atoms with van der Waals surface area (Å²) in [5.74, 6) is -0.222. The number of nitro benzene ring substituents is 1. The number of amides is 2. The molecule has 0 radical (unpaired) electrons. The monoisotopic (exact) mass is 447 g/mol. The maximum atomic E-state index is 13.0. The first-order valence-corrected chi connectivity index (χ1v) is 10.2. The van der Waals surface area contributed by atoms with Gasteiger partial charge in [-0.3, -0.25) is 19.7 Å². The Bertz CT molecular complexity index is 947. The summed E-state index contributed by atoms with van der Waals surface area (Å²) in [7, 11) is 1.57. The summed E-state index contributed by atoms with van der Waals surface area (Å²) in [4.78, 5) is 37.6. The van der Waals surface area contributed by atoms with E-state index in [2.05, 4.69) is 5.32 Å². The molecule has 0 fully saturated rings. The van der Waals surface area contributed by atoms with E-state index in [1.807, 2.05) is 20.8 Å². The largest absolute Gasteiger partial charge is 0.494 e. The third-order valence-electron chi connectivity index (χ3n) is 4.67. The Morgan fingerprint density at radius 2 is 1.84 bits per heavy atom. The summed E-state index contributed by atoms with van der Waals surface area (Å²) in [6, 6.07) is 9.96. The Hall–Kier alpha value is -3.13. The van der Waals surface area contributed by atoms with Crippen LogP contribution in [0.1, 0.15) is 36.7 Å². The average Bonchev–Trinajstić information content (AvgIpc) is 2.73. The minimum Gasteiger partial charge on any atom is -0.494 e. The normalized spacial score (nSPS) is 11.7. The summed E-state index contributed by atoms with van der Waals surface area (Å²) in [5.41, 5.74) is 0.753. The molecule has 31 heavy (non-hydrogen) atoms. The first kappa shape index (κ1) is 24.1. The van der Waals surface area contributed by atoms with E-state index in [4.69, 9.17) is 16.3 Å². The third kappa shape index (κ3) is 6.42. The molecule has 2 aromatic rings. The number of halogens is 1. The van der Waals surface area contributed by atoms with Crippen molar-refractivity contribution in [3.63, 3.8) is 0 Å². The second-order valence-corrected chi connectivity index (χ2v) is 7.79.